The van der Waals surface area contributed by atoms with Gasteiger partial charge in [0.05, 0.1) is 12.1 Å². The van der Waals surface area contributed by atoms with Gasteiger partial charge in [-0.3, -0.25) is 9.59 Å². The van der Waals surface area contributed by atoms with E-state index in [2.05, 4.69) is 6.58 Å². The summed E-state index contributed by atoms with van der Waals surface area (Å²) in [7, 11) is 0. The summed E-state index contributed by atoms with van der Waals surface area (Å²) in [6.45, 7) is 4.45. The van der Waals surface area contributed by atoms with Crippen molar-refractivity contribution < 1.29 is 33.4 Å². The first kappa shape index (κ1) is 35.9. The Morgan fingerprint density at radius 3 is 1.77 bits per heavy atom. The summed E-state index contributed by atoms with van der Waals surface area (Å²) in [6, 6.07) is 35.6. The van der Waals surface area contributed by atoms with Crippen LogP contribution in [0.4, 0.5) is 9.59 Å². The minimum absolute atomic E-state index is 0.0810. The van der Waals surface area contributed by atoms with Crippen molar-refractivity contribution in [3.8, 4) is 5.75 Å². The summed E-state index contributed by atoms with van der Waals surface area (Å²) in [5.41, 5.74) is 4.15. The quantitative estimate of drug-likeness (QED) is 0.0936. The van der Waals surface area contributed by atoms with Crippen molar-refractivity contribution in [1.29, 1.82) is 0 Å². The Bertz CT molecular complexity index is 1880. The second-order valence-electron chi connectivity index (χ2n) is 13.0. The van der Waals surface area contributed by atoms with E-state index in [-0.39, 0.29) is 32.5 Å². The summed E-state index contributed by atoms with van der Waals surface area (Å²) < 4.78 is 16.7. The highest BCUT2D eigenvalue weighted by molar-refractivity contribution is 6.04. The Hall–Kier alpha value is -5.96. The maximum absolute atomic E-state index is 14.3. The molecule has 0 aromatic heterocycles. The highest BCUT2D eigenvalue weighted by Crippen LogP contribution is 2.27. The van der Waals surface area contributed by atoms with Crippen LogP contribution in [-0.2, 0) is 44.9 Å². The predicted molar refractivity (Wildman–Crippen MR) is 196 cm³/mol. The van der Waals surface area contributed by atoms with Crippen LogP contribution in [0.1, 0.15) is 35.1 Å². The maximum Gasteiger partial charge on any atom is 0.417 e. The molecule has 6 rings (SSSR count). The average Bonchev–Trinajstić information content (AvgIpc) is 3.73. The first-order valence-electron chi connectivity index (χ1n) is 17.5. The molecule has 9 heteroatoms. The van der Waals surface area contributed by atoms with Crippen molar-refractivity contribution in [2.45, 2.75) is 50.8 Å². The molecule has 0 spiro atoms. The fourth-order valence-corrected chi connectivity index (χ4v) is 6.55. The topological polar surface area (TPSA) is 102 Å². The predicted octanol–water partition coefficient (Wildman–Crippen LogP) is 7.50. The van der Waals surface area contributed by atoms with Gasteiger partial charge < -0.3 is 14.2 Å². The summed E-state index contributed by atoms with van der Waals surface area (Å²) >= 11 is 0. The molecule has 4 aromatic carbocycles. The number of nitrogens with zero attached hydrogens (tertiary/aromatic N) is 2. The van der Waals surface area contributed by atoms with Crippen molar-refractivity contribution in [3.05, 3.63) is 162 Å². The van der Waals surface area contributed by atoms with Gasteiger partial charge in [0, 0.05) is 17.9 Å². The molecule has 0 radical (unpaired) electrons. The third-order valence-electron chi connectivity index (χ3n) is 9.30. The van der Waals surface area contributed by atoms with E-state index in [9.17, 15) is 19.2 Å². The van der Waals surface area contributed by atoms with Gasteiger partial charge >= 0.3 is 12.2 Å². The van der Waals surface area contributed by atoms with E-state index in [1.165, 1.54) is 9.80 Å². The number of allylic oxidation sites excluding steroid dienone is 2. The standard InChI is InChI=1S/C43H42N2O7/c1-2-12-35(40(46)44-37(29-51-42(44)48)26-31-13-6-3-7-14-31)21-22-36(25-33-19-23-39(24-20-33)50-28-34-17-10-5-11-18-34)41(47)45-38(30-52-43(45)49)27-32-15-8-4-9-16-32/h2-11,13-20,22-24,35,37-38H,1,12,21,25-30H2/t35-,37-,38-/m0/s1. The lowest BCUT2D eigenvalue weighted by Gasteiger charge is -2.25. The number of cyclic esters (lactones) is 2. The zero-order chi connectivity index (χ0) is 36.3. The Labute approximate surface area is 304 Å². The molecule has 2 fully saturated rings. The van der Waals surface area contributed by atoms with Crippen LogP contribution in [0.15, 0.2) is 140 Å². The first-order chi connectivity index (χ1) is 25.4. The van der Waals surface area contributed by atoms with Crippen molar-refractivity contribution in [3.63, 3.8) is 0 Å². The van der Waals surface area contributed by atoms with E-state index in [1.807, 2.05) is 115 Å². The lowest BCUT2D eigenvalue weighted by molar-refractivity contribution is -0.133. The summed E-state index contributed by atoms with van der Waals surface area (Å²) in [4.78, 5) is 56.7. The summed E-state index contributed by atoms with van der Waals surface area (Å²) in [6.07, 6.45) is 3.46. The number of benzene rings is 4. The second kappa shape index (κ2) is 17.3. The number of hydrogen-bond acceptors (Lipinski definition) is 7. The van der Waals surface area contributed by atoms with Gasteiger partial charge in [0.25, 0.3) is 5.91 Å². The summed E-state index contributed by atoms with van der Waals surface area (Å²) in [5, 5.41) is 0. The smallest absolute Gasteiger partial charge is 0.417 e. The Morgan fingerprint density at radius 2 is 1.21 bits per heavy atom. The van der Waals surface area contributed by atoms with Gasteiger partial charge in [-0.15, -0.1) is 6.58 Å². The highest BCUT2D eigenvalue weighted by Gasteiger charge is 2.41. The van der Waals surface area contributed by atoms with Crippen molar-refractivity contribution in [2.75, 3.05) is 13.2 Å². The molecule has 0 saturated carbocycles. The second-order valence-corrected chi connectivity index (χ2v) is 13.0. The Balaban J connectivity index is 1.24. The lowest BCUT2D eigenvalue weighted by atomic mass is 9.94. The first-order valence-corrected chi connectivity index (χ1v) is 17.5. The molecule has 266 valence electrons. The molecule has 52 heavy (non-hydrogen) atoms. The monoisotopic (exact) mass is 698 g/mol. The molecule has 0 aliphatic carbocycles. The van der Waals surface area contributed by atoms with Crippen LogP contribution in [0.2, 0.25) is 0 Å². The molecule has 0 bridgehead atoms. The molecule has 2 heterocycles. The van der Waals surface area contributed by atoms with Crippen LogP contribution in [-0.4, -0.2) is 59.1 Å². The zero-order valence-corrected chi connectivity index (χ0v) is 29.0. The number of carbonyl (C=O) groups is 4. The van der Waals surface area contributed by atoms with Crippen LogP contribution >= 0.6 is 0 Å². The number of rotatable bonds is 15. The third-order valence-corrected chi connectivity index (χ3v) is 9.30. The maximum atomic E-state index is 14.3. The molecule has 4 aromatic rings. The Morgan fingerprint density at radius 1 is 0.692 bits per heavy atom. The molecule has 0 N–H and O–H groups in total. The van der Waals surface area contributed by atoms with Crippen LogP contribution in [0.5, 0.6) is 5.75 Å². The largest absolute Gasteiger partial charge is 0.489 e. The van der Waals surface area contributed by atoms with Crippen molar-refractivity contribution >= 4 is 24.0 Å². The van der Waals surface area contributed by atoms with E-state index < -0.39 is 42.0 Å². The Kier molecular flexibility index (Phi) is 11.9. The van der Waals surface area contributed by atoms with Crippen molar-refractivity contribution in [1.82, 2.24) is 9.80 Å². The molecule has 9 nitrogen and oxygen atoms in total. The fourth-order valence-electron chi connectivity index (χ4n) is 6.55. The molecule has 0 unspecified atom stereocenters. The number of carbonyl (C=O) groups excluding carboxylic acids is 4. The number of amides is 4. The van der Waals surface area contributed by atoms with E-state index in [1.54, 1.807) is 12.2 Å². The van der Waals surface area contributed by atoms with Gasteiger partial charge in [-0.05, 0) is 60.1 Å². The molecular weight excluding hydrogens is 656 g/mol. The van der Waals surface area contributed by atoms with Gasteiger partial charge in [-0.1, -0.05) is 115 Å². The van der Waals surface area contributed by atoms with Gasteiger partial charge in [0.1, 0.15) is 25.6 Å². The fraction of sp³-hybridized carbons (Fsp3) is 0.256. The zero-order valence-electron chi connectivity index (χ0n) is 29.0. The lowest BCUT2D eigenvalue weighted by Crippen LogP contribution is -2.43. The molecular formula is C43H42N2O7. The molecule has 3 atom stereocenters. The number of hydrogen-bond donors (Lipinski definition) is 0. The average molecular weight is 699 g/mol. The number of imide groups is 2. The molecule has 2 saturated heterocycles. The van der Waals surface area contributed by atoms with Gasteiger partial charge in [-0.2, -0.15) is 0 Å². The summed E-state index contributed by atoms with van der Waals surface area (Å²) in [5.74, 6) is -0.896. The molecule has 2 aliphatic rings. The normalized spacial score (nSPS) is 17.7. The SMILES string of the molecule is C=CC[C@@H](CC=C(Cc1ccc(OCc2ccccc2)cc1)C(=O)N1C(=O)OC[C@@H]1Cc1ccccc1)C(=O)N1C(=O)OC[C@@H]1Cc1ccccc1. The minimum Gasteiger partial charge on any atom is -0.489 e. The van der Waals surface area contributed by atoms with Crippen molar-refractivity contribution in [2.24, 2.45) is 5.92 Å². The highest BCUT2D eigenvalue weighted by atomic mass is 16.6. The minimum atomic E-state index is -0.705. The number of ether oxygens (including phenoxy) is 3. The van der Waals surface area contributed by atoms with Gasteiger partial charge in [0.2, 0.25) is 5.91 Å². The van der Waals surface area contributed by atoms with E-state index in [4.69, 9.17) is 14.2 Å². The van der Waals surface area contributed by atoms with Gasteiger partial charge in [0.15, 0.2) is 0 Å². The van der Waals surface area contributed by atoms with Crippen LogP contribution in [0.25, 0.3) is 0 Å². The van der Waals surface area contributed by atoms with E-state index in [0.29, 0.717) is 30.8 Å². The molecule has 4 amide bonds. The van der Waals surface area contributed by atoms with E-state index in [0.717, 1.165) is 22.3 Å². The molecule has 2 aliphatic heterocycles. The van der Waals surface area contributed by atoms with Crippen LogP contribution in [0.3, 0.4) is 0 Å². The van der Waals surface area contributed by atoms with E-state index >= 15 is 0 Å². The van der Waals surface area contributed by atoms with Gasteiger partial charge in [-0.25, -0.2) is 19.4 Å². The van der Waals surface area contributed by atoms with Crippen LogP contribution in [0, 0.1) is 5.92 Å². The van der Waals surface area contributed by atoms with Crippen LogP contribution < -0.4 is 4.74 Å². The third kappa shape index (κ3) is 9.03.